The molecule has 5 rings (SSSR count). The van der Waals surface area contributed by atoms with Crippen molar-refractivity contribution < 1.29 is 9.59 Å². The van der Waals surface area contributed by atoms with E-state index in [9.17, 15) is 9.59 Å². The summed E-state index contributed by atoms with van der Waals surface area (Å²) >= 11 is 0. The second-order valence-electron chi connectivity index (χ2n) is 10.4. The fraction of sp³-hybridized carbons (Fsp3) is 0.536. The van der Waals surface area contributed by atoms with Gasteiger partial charge in [-0.3, -0.25) is 19.5 Å². The molecule has 4 heterocycles. The molecule has 0 saturated carbocycles. The van der Waals surface area contributed by atoms with E-state index in [1.807, 2.05) is 41.1 Å². The van der Waals surface area contributed by atoms with Crippen LogP contribution in [0.25, 0.3) is 0 Å². The summed E-state index contributed by atoms with van der Waals surface area (Å²) in [6.45, 7) is 7.85. The number of carbonyl (C=O) groups excluding carboxylic acids is 2. The summed E-state index contributed by atoms with van der Waals surface area (Å²) in [5.74, 6) is 0.724. The molecule has 2 amide bonds. The van der Waals surface area contributed by atoms with Crippen LogP contribution in [0.5, 0.6) is 0 Å². The van der Waals surface area contributed by atoms with Gasteiger partial charge in [-0.2, -0.15) is 0 Å². The predicted octanol–water partition coefficient (Wildman–Crippen LogP) is 3.64. The van der Waals surface area contributed by atoms with Crippen molar-refractivity contribution in [3.05, 3.63) is 65.5 Å². The van der Waals surface area contributed by atoms with Crippen molar-refractivity contribution >= 4 is 11.8 Å². The molecule has 3 fully saturated rings. The molecule has 0 aliphatic carbocycles. The topological polar surface area (TPSA) is 56.8 Å². The lowest BCUT2D eigenvalue weighted by atomic mass is 9.76. The van der Waals surface area contributed by atoms with E-state index in [1.54, 1.807) is 0 Å². The van der Waals surface area contributed by atoms with Gasteiger partial charge in [0.2, 0.25) is 11.8 Å². The molecule has 1 aromatic carbocycles. The first-order valence-electron chi connectivity index (χ1n) is 12.8. The van der Waals surface area contributed by atoms with Crippen LogP contribution in [0.3, 0.4) is 0 Å². The maximum absolute atomic E-state index is 13.3. The quantitative estimate of drug-likeness (QED) is 0.684. The van der Waals surface area contributed by atoms with Crippen molar-refractivity contribution in [3.8, 4) is 0 Å². The molecule has 0 bridgehead atoms. The van der Waals surface area contributed by atoms with Crippen molar-refractivity contribution in [2.45, 2.75) is 52.1 Å². The number of aromatic nitrogens is 1. The number of rotatable bonds is 5. The van der Waals surface area contributed by atoms with Gasteiger partial charge in [0.1, 0.15) is 0 Å². The fourth-order valence-electron chi connectivity index (χ4n) is 6.02. The van der Waals surface area contributed by atoms with E-state index in [-0.39, 0.29) is 11.3 Å². The molecule has 6 heteroatoms. The van der Waals surface area contributed by atoms with Gasteiger partial charge in [0.15, 0.2) is 0 Å². The number of nitrogens with zero attached hydrogens (tertiary/aromatic N) is 4. The third-order valence-electron chi connectivity index (χ3n) is 8.15. The number of aryl methyl sites for hydroxylation is 1. The summed E-state index contributed by atoms with van der Waals surface area (Å²) in [6.07, 6.45) is 6.27. The molecule has 1 aromatic heterocycles. The van der Waals surface area contributed by atoms with E-state index in [0.717, 1.165) is 77.1 Å². The molecule has 34 heavy (non-hydrogen) atoms. The average molecular weight is 461 g/mol. The number of piperidine rings is 2. The fourth-order valence-corrected chi connectivity index (χ4v) is 6.02. The number of pyridine rings is 1. The monoisotopic (exact) mass is 460 g/mol. The van der Waals surface area contributed by atoms with Crippen molar-refractivity contribution in [1.29, 1.82) is 0 Å². The van der Waals surface area contributed by atoms with Gasteiger partial charge in [0.25, 0.3) is 0 Å². The SMILES string of the molecule is Cc1cc(CN2CCC(C(=O)N3CCC4(CC3)CCN(Cc3ccccc3)C4=O)CC2)ccn1. The molecule has 3 saturated heterocycles. The van der Waals surface area contributed by atoms with Gasteiger partial charge in [-0.05, 0) is 75.4 Å². The third-order valence-corrected chi connectivity index (χ3v) is 8.15. The van der Waals surface area contributed by atoms with E-state index >= 15 is 0 Å². The molecule has 3 aliphatic heterocycles. The van der Waals surface area contributed by atoms with E-state index in [2.05, 4.69) is 34.1 Å². The molecule has 1 spiro atoms. The Hall–Kier alpha value is -2.73. The first-order valence-corrected chi connectivity index (χ1v) is 12.8. The molecule has 6 nitrogen and oxygen atoms in total. The van der Waals surface area contributed by atoms with Crippen molar-refractivity contribution in [2.24, 2.45) is 11.3 Å². The van der Waals surface area contributed by atoms with Crippen LogP contribution in [0.15, 0.2) is 48.7 Å². The Labute approximate surface area is 202 Å². The molecule has 0 unspecified atom stereocenters. The molecule has 3 aliphatic rings. The zero-order chi connectivity index (χ0) is 23.5. The Morgan fingerprint density at radius 3 is 2.35 bits per heavy atom. The minimum Gasteiger partial charge on any atom is -0.342 e. The normalized spacial score (nSPS) is 21.4. The Bertz CT molecular complexity index is 1010. The zero-order valence-electron chi connectivity index (χ0n) is 20.3. The lowest BCUT2D eigenvalue weighted by Crippen LogP contribution is -2.49. The zero-order valence-corrected chi connectivity index (χ0v) is 20.3. The van der Waals surface area contributed by atoms with Crippen LogP contribution >= 0.6 is 0 Å². The minimum atomic E-state index is -0.252. The number of benzene rings is 1. The Morgan fingerprint density at radius 1 is 0.941 bits per heavy atom. The number of carbonyl (C=O) groups is 2. The number of hydrogen-bond donors (Lipinski definition) is 0. The highest BCUT2D eigenvalue weighted by molar-refractivity contribution is 5.85. The van der Waals surface area contributed by atoms with Gasteiger partial charge >= 0.3 is 0 Å². The Kier molecular flexibility index (Phi) is 6.68. The number of amides is 2. The summed E-state index contributed by atoms with van der Waals surface area (Å²) in [4.78, 5) is 37.3. The first kappa shape index (κ1) is 23.0. The van der Waals surface area contributed by atoms with Crippen LogP contribution in [0.2, 0.25) is 0 Å². The van der Waals surface area contributed by atoms with Crippen molar-refractivity contribution in [3.63, 3.8) is 0 Å². The summed E-state index contributed by atoms with van der Waals surface area (Å²) < 4.78 is 0. The summed E-state index contributed by atoms with van der Waals surface area (Å²) in [7, 11) is 0. The van der Waals surface area contributed by atoms with E-state index in [0.29, 0.717) is 18.4 Å². The van der Waals surface area contributed by atoms with Crippen LogP contribution in [-0.2, 0) is 22.7 Å². The molecule has 0 atom stereocenters. The van der Waals surface area contributed by atoms with E-state index < -0.39 is 0 Å². The van der Waals surface area contributed by atoms with Crippen LogP contribution < -0.4 is 0 Å². The second-order valence-corrected chi connectivity index (χ2v) is 10.4. The van der Waals surface area contributed by atoms with Crippen LogP contribution in [0.4, 0.5) is 0 Å². The molecule has 0 radical (unpaired) electrons. The van der Waals surface area contributed by atoms with Gasteiger partial charge in [-0.1, -0.05) is 30.3 Å². The van der Waals surface area contributed by atoms with Crippen molar-refractivity contribution in [2.75, 3.05) is 32.7 Å². The molecular weight excluding hydrogens is 424 g/mol. The average Bonchev–Trinajstić information content (AvgIpc) is 3.15. The highest BCUT2D eigenvalue weighted by Crippen LogP contribution is 2.42. The van der Waals surface area contributed by atoms with Gasteiger partial charge < -0.3 is 9.80 Å². The standard InChI is InChI=1S/C28H36N4O2/c1-22-19-24(7-13-29-22)20-30-14-8-25(9-15-30)26(33)31-16-10-28(11-17-31)12-18-32(27(28)34)21-23-5-3-2-4-6-23/h2-7,13,19,25H,8-12,14-18,20-21H2,1H3. The van der Waals surface area contributed by atoms with Gasteiger partial charge in [-0.15, -0.1) is 0 Å². The predicted molar refractivity (Wildman–Crippen MR) is 132 cm³/mol. The summed E-state index contributed by atoms with van der Waals surface area (Å²) in [5, 5.41) is 0. The molecule has 0 N–H and O–H groups in total. The smallest absolute Gasteiger partial charge is 0.229 e. The van der Waals surface area contributed by atoms with Gasteiger partial charge in [-0.25, -0.2) is 0 Å². The van der Waals surface area contributed by atoms with Crippen LogP contribution in [-0.4, -0.2) is 64.2 Å². The lowest BCUT2D eigenvalue weighted by molar-refractivity contribution is -0.145. The molecule has 180 valence electrons. The highest BCUT2D eigenvalue weighted by Gasteiger charge is 2.48. The first-order chi connectivity index (χ1) is 16.5. The van der Waals surface area contributed by atoms with Crippen molar-refractivity contribution in [1.82, 2.24) is 19.7 Å². The molecular formula is C28H36N4O2. The Morgan fingerprint density at radius 2 is 1.65 bits per heavy atom. The maximum Gasteiger partial charge on any atom is 0.229 e. The van der Waals surface area contributed by atoms with Gasteiger partial charge in [0, 0.05) is 50.5 Å². The van der Waals surface area contributed by atoms with E-state index in [4.69, 9.17) is 0 Å². The largest absolute Gasteiger partial charge is 0.342 e. The summed E-state index contributed by atoms with van der Waals surface area (Å²) in [5.41, 5.74) is 3.28. The van der Waals surface area contributed by atoms with Crippen LogP contribution in [0, 0.1) is 18.3 Å². The third kappa shape index (κ3) is 4.88. The van der Waals surface area contributed by atoms with Gasteiger partial charge in [0.05, 0.1) is 5.41 Å². The Balaban J connectivity index is 1.10. The highest BCUT2D eigenvalue weighted by atomic mass is 16.2. The lowest BCUT2D eigenvalue weighted by Gasteiger charge is -2.40. The number of hydrogen-bond acceptors (Lipinski definition) is 4. The van der Waals surface area contributed by atoms with E-state index in [1.165, 1.54) is 11.1 Å². The minimum absolute atomic E-state index is 0.123. The molecule has 2 aromatic rings. The second kappa shape index (κ2) is 9.87. The summed E-state index contributed by atoms with van der Waals surface area (Å²) in [6, 6.07) is 14.5. The number of likely N-dealkylation sites (tertiary alicyclic amines) is 3. The maximum atomic E-state index is 13.3. The van der Waals surface area contributed by atoms with Crippen LogP contribution in [0.1, 0.15) is 48.9 Å².